The van der Waals surface area contributed by atoms with Gasteiger partial charge < -0.3 is 5.32 Å². The van der Waals surface area contributed by atoms with Gasteiger partial charge in [0.1, 0.15) is 0 Å². The predicted molar refractivity (Wildman–Crippen MR) is 86.2 cm³/mol. The quantitative estimate of drug-likeness (QED) is 0.569. The molecule has 0 heterocycles. The van der Waals surface area contributed by atoms with Crippen molar-refractivity contribution in [3.8, 4) is 0 Å². The van der Waals surface area contributed by atoms with E-state index in [1.54, 1.807) is 7.05 Å². The van der Waals surface area contributed by atoms with Crippen molar-refractivity contribution >= 4 is 10.2 Å². The Labute approximate surface area is 130 Å². The Morgan fingerprint density at radius 1 is 1.14 bits per heavy atom. The van der Waals surface area contributed by atoms with E-state index in [9.17, 15) is 8.42 Å². The molecule has 5 nitrogen and oxygen atoms in total. The third-order valence-corrected chi connectivity index (χ3v) is 6.10. The Morgan fingerprint density at radius 3 is 2.19 bits per heavy atom. The van der Waals surface area contributed by atoms with Crippen LogP contribution in [0.25, 0.3) is 0 Å². The summed E-state index contributed by atoms with van der Waals surface area (Å²) in [6, 6.07) is 0.447. The van der Waals surface area contributed by atoms with Crippen molar-refractivity contribution in [3.05, 3.63) is 0 Å². The number of hydrogen-bond acceptors (Lipinski definition) is 3. The van der Waals surface area contributed by atoms with E-state index in [1.807, 2.05) is 0 Å². The summed E-state index contributed by atoms with van der Waals surface area (Å²) in [5.41, 5.74) is 0. The largest absolute Gasteiger partial charge is 0.314 e. The van der Waals surface area contributed by atoms with Gasteiger partial charge in [-0.2, -0.15) is 12.7 Å². The van der Waals surface area contributed by atoms with Crippen LogP contribution in [0.5, 0.6) is 0 Å². The maximum absolute atomic E-state index is 12.2. The number of nitrogens with one attached hydrogen (secondary N) is 2. The predicted octanol–water partition coefficient (Wildman–Crippen LogP) is 1.58. The summed E-state index contributed by atoms with van der Waals surface area (Å²) in [7, 11) is -1.64. The normalized spacial score (nSPS) is 19.9. The Morgan fingerprint density at radius 2 is 1.71 bits per heavy atom. The molecular formula is C15H31N3O2S. The molecule has 124 valence electrons. The Bertz CT molecular complexity index is 405. The molecule has 0 saturated heterocycles. The first-order valence-electron chi connectivity index (χ1n) is 8.34. The van der Waals surface area contributed by atoms with Crippen molar-refractivity contribution < 1.29 is 8.42 Å². The molecular weight excluding hydrogens is 286 g/mol. The first kappa shape index (κ1) is 17.2. The minimum absolute atomic E-state index is 0.447. The van der Waals surface area contributed by atoms with Crippen molar-refractivity contribution in [2.24, 2.45) is 17.8 Å². The molecule has 0 aliphatic heterocycles. The summed E-state index contributed by atoms with van der Waals surface area (Å²) in [6.07, 6.45) is 6.00. The van der Waals surface area contributed by atoms with Crippen molar-refractivity contribution in [1.82, 2.24) is 14.3 Å². The van der Waals surface area contributed by atoms with E-state index in [1.165, 1.54) is 30.0 Å². The molecule has 0 aromatic heterocycles. The smallest absolute Gasteiger partial charge is 0.279 e. The number of rotatable bonds is 11. The van der Waals surface area contributed by atoms with Gasteiger partial charge in [-0.1, -0.05) is 13.8 Å². The molecule has 2 fully saturated rings. The van der Waals surface area contributed by atoms with E-state index in [-0.39, 0.29) is 0 Å². The summed E-state index contributed by atoms with van der Waals surface area (Å²) >= 11 is 0. The molecule has 2 saturated carbocycles. The second-order valence-electron chi connectivity index (χ2n) is 6.98. The van der Waals surface area contributed by atoms with Gasteiger partial charge in [0, 0.05) is 26.2 Å². The third-order valence-electron chi connectivity index (χ3n) is 4.57. The second kappa shape index (κ2) is 7.40. The molecule has 0 aromatic carbocycles. The summed E-state index contributed by atoms with van der Waals surface area (Å²) in [5, 5.41) is 3.31. The van der Waals surface area contributed by atoms with Gasteiger partial charge in [0.05, 0.1) is 0 Å². The van der Waals surface area contributed by atoms with Gasteiger partial charge in [0.15, 0.2) is 0 Å². The molecule has 0 atom stereocenters. The first-order valence-corrected chi connectivity index (χ1v) is 9.78. The monoisotopic (exact) mass is 317 g/mol. The van der Waals surface area contributed by atoms with Crippen molar-refractivity contribution in [1.29, 1.82) is 0 Å². The van der Waals surface area contributed by atoms with Gasteiger partial charge in [-0.15, -0.1) is 0 Å². The Hall–Kier alpha value is -0.170. The zero-order valence-electron chi connectivity index (χ0n) is 13.6. The van der Waals surface area contributed by atoms with Crippen molar-refractivity contribution in [2.45, 2.75) is 52.0 Å². The number of nitrogens with zero attached hydrogens (tertiary/aromatic N) is 1. The van der Waals surface area contributed by atoms with Crippen LogP contribution >= 0.6 is 0 Å². The molecule has 2 aliphatic carbocycles. The highest BCUT2D eigenvalue weighted by Gasteiger charge is 2.41. The third kappa shape index (κ3) is 5.85. The zero-order valence-corrected chi connectivity index (χ0v) is 14.5. The molecule has 2 aliphatic rings. The molecule has 21 heavy (non-hydrogen) atoms. The fraction of sp³-hybridized carbons (Fsp3) is 1.00. The molecule has 0 amide bonds. The molecule has 6 heteroatoms. The lowest BCUT2D eigenvalue weighted by Crippen LogP contribution is -2.42. The maximum Gasteiger partial charge on any atom is 0.279 e. The first-order chi connectivity index (χ1) is 9.90. The lowest BCUT2D eigenvalue weighted by Gasteiger charge is -2.21. The molecule has 0 aromatic rings. The van der Waals surface area contributed by atoms with Crippen molar-refractivity contribution in [3.63, 3.8) is 0 Å². The summed E-state index contributed by atoms with van der Waals surface area (Å²) < 4.78 is 28.8. The van der Waals surface area contributed by atoms with Gasteiger partial charge in [0.25, 0.3) is 10.2 Å². The molecule has 0 radical (unpaired) electrons. The molecule has 2 rings (SSSR count). The average molecular weight is 317 g/mol. The molecule has 0 unspecified atom stereocenters. The summed E-state index contributed by atoms with van der Waals surface area (Å²) in [6.45, 7) is 6.24. The summed E-state index contributed by atoms with van der Waals surface area (Å²) in [5.74, 6) is 2.14. The standard InChI is InChI=1S/C15H31N3O2S/c1-12(2)16-9-4-10-18(3)21(19,20)17-11-15(13-5-6-13)14-7-8-14/h12-17H,4-11H2,1-3H3. The maximum atomic E-state index is 12.2. The molecule has 0 bridgehead atoms. The lowest BCUT2D eigenvalue weighted by molar-refractivity contribution is 0.387. The topological polar surface area (TPSA) is 61.4 Å². The van der Waals surface area contributed by atoms with Gasteiger partial charge in [0.2, 0.25) is 0 Å². The Balaban J connectivity index is 1.69. The van der Waals surface area contributed by atoms with E-state index in [2.05, 4.69) is 23.9 Å². The van der Waals surface area contributed by atoms with Gasteiger partial charge >= 0.3 is 0 Å². The van der Waals surface area contributed by atoms with Crippen LogP contribution in [0.15, 0.2) is 0 Å². The van der Waals surface area contributed by atoms with E-state index in [0.29, 0.717) is 25.0 Å². The van der Waals surface area contributed by atoms with Crippen LogP contribution in [-0.2, 0) is 10.2 Å². The van der Waals surface area contributed by atoms with Gasteiger partial charge in [-0.25, -0.2) is 4.72 Å². The lowest BCUT2D eigenvalue weighted by atomic mass is 9.99. The van der Waals surface area contributed by atoms with Crippen LogP contribution < -0.4 is 10.0 Å². The Kier molecular flexibility index (Phi) is 6.05. The SMILES string of the molecule is CC(C)NCCCN(C)S(=O)(=O)NCC(C1CC1)C1CC1. The summed E-state index contributed by atoms with van der Waals surface area (Å²) in [4.78, 5) is 0. The molecule has 0 spiro atoms. The van der Waals surface area contributed by atoms with Crippen molar-refractivity contribution in [2.75, 3.05) is 26.7 Å². The second-order valence-corrected chi connectivity index (χ2v) is 8.84. The van der Waals surface area contributed by atoms with Gasteiger partial charge in [-0.05, 0) is 56.4 Å². The molecule has 2 N–H and O–H groups in total. The average Bonchev–Trinajstić information content (AvgIpc) is 3.25. The fourth-order valence-corrected chi connectivity index (χ4v) is 3.88. The van der Waals surface area contributed by atoms with Crippen LogP contribution in [0.3, 0.4) is 0 Å². The van der Waals surface area contributed by atoms with E-state index < -0.39 is 10.2 Å². The highest BCUT2D eigenvalue weighted by atomic mass is 32.2. The van der Waals surface area contributed by atoms with Crippen LogP contribution in [0.2, 0.25) is 0 Å². The zero-order chi connectivity index (χ0) is 15.5. The minimum Gasteiger partial charge on any atom is -0.314 e. The van der Waals surface area contributed by atoms with E-state index >= 15 is 0 Å². The van der Waals surface area contributed by atoms with Crippen LogP contribution in [0, 0.1) is 17.8 Å². The fourth-order valence-electron chi connectivity index (χ4n) is 2.89. The van der Waals surface area contributed by atoms with Gasteiger partial charge in [-0.3, -0.25) is 0 Å². The minimum atomic E-state index is -3.31. The van der Waals surface area contributed by atoms with Crippen LogP contribution in [0.4, 0.5) is 0 Å². The van der Waals surface area contributed by atoms with E-state index in [4.69, 9.17) is 0 Å². The van der Waals surface area contributed by atoms with E-state index in [0.717, 1.165) is 24.8 Å². The number of hydrogen-bond donors (Lipinski definition) is 2. The van der Waals surface area contributed by atoms with Crippen LogP contribution in [0.1, 0.15) is 46.0 Å². The van der Waals surface area contributed by atoms with Crippen LogP contribution in [-0.4, -0.2) is 45.4 Å². The highest BCUT2D eigenvalue weighted by molar-refractivity contribution is 7.87. The highest BCUT2D eigenvalue weighted by Crippen LogP contribution is 2.48.